The summed E-state index contributed by atoms with van der Waals surface area (Å²) in [5.41, 5.74) is 2.71. The molecule has 1 aromatic carbocycles. The van der Waals surface area contributed by atoms with Gasteiger partial charge in [0.05, 0.1) is 5.69 Å². The van der Waals surface area contributed by atoms with Gasteiger partial charge in [0.25, 0.3) is 0 Å². The van der Waals surface area contributed by atoms with E-state index in [2.05, 4.69) is 44.8 Å². The van der Waals surface area contributed by atoms with E-state index in [1.807, 2.05) is 0 Å². The highest BCUT2D eigenvalue weighted by Crippen LogP contribution is 2.30. The Morgan fingerprint density at radius 1 is 1.25 bits per heavy atom. The van der Waals surface area contributed by atoms with Crippen molar-refractivity contribution in [2.24, 2.45) is 0 Å². The van der Waals surface area contributed by atoms with E-state index < -0.39 is 0 Å². The SMILES string of the molecule is Brc1cccc2c1NCC(NC1CCC1)C2. The zero-order valence-electron chi connectivity index (χ0n) is 9.30. The van der Waals surface area contributed by atoms with Crippen LogP contribution in [-0.4, -0.2) is 18.6 Å². The first kappa shape index (κ1) is 10.6. The zero-order chi connectivity index (χ0) is 11.0. The van der Waals surface area contributed by atoms with Crippen LogP contribution in [-0.2, 0) is 6.42 Å². The van der Waals surface area contributed by atoms with Gasteiger partial charge < -0.3 is 10.6 Å². The summed E-state index contributed by atoms with van der Waals surface area (Å²) in [5, 5.41) is 7.26. The fraction of sp³-hybridized carbons (Fsp3) is 0.538. The fourth-order valence-corrected chi connectivity index (χ4v) is 3.07. The lowest BCUT2D eigenvalue weighted by Crippen LogP contribution is -2.48. The maximum atomic E-state index is 3.74. The highest BCUT2D eigenvalue weighted by atomic mass is 79.9. The number of halogens is 1. The van der Waals surface area contributed by atoms with Crippen molar-refractivity contribution in [3.63, 3.8) is 0 Å². The maximum absolute atomic E-state index is 3.74. The van der Waals surface area contributed by atoms with Crippen LogP contribution >= 0.6 is 15.9 Å². The smallest absolute Gasteiger partial charge is 0.0518 e. The zero-order valence-corrected chi connectivity index (χ0v) is 10.9. The Morgan fingerprint density at radius 2 is 2.12 bits per heavy atom. The highest BCUT2D eigenvalue weighted by molar-refractivity contribution is 9.10. The molecule has 1 unspecified atom stereocenters. The summed E-state index contributed by atoms with van der Waals surface area (Å²) in [6.07, 6.45) is 5.28. The molecule has 16 heavy (non-hydrogen) atoms. The normalized spacial score (nSPS) is 24.4. The Bertz CT molecular complexity index is 388. The summed E-state index contributed by atoms with van der Waals surface area (Å²) < 4.78 is 1.19. The maximum Gasteiger partial charge on any atom is 0.0518 e. The van der Waals surface area contributed by atoms with E-state index in [9.17, 15) is 0 Å². The third kappa shape index (κ3) is 1.98. The summed E-state index contributed by atoms with van der Waals surface area (Å²) in [4.78, 5) is 0. The van der Waals surface area contributed by atoms with Crippen LogP contribution in [0.2, 0.25) is 0 Å². The second-order valence-electron chi connectivity index (χ2n) is 4.85. The van der Waals surface area contributed by atoms with Crippen molar-refractivity contribution in [3.05, 3.63) is 28.2 Å². The van der Waals surface area contributed by atoms with E-state index in [4.69, 9.17) is 0 Å². The summed E-state index contributed by atoms with van der Waals surface area (Å²) in [6, 6.07) is 7.83. The first-order chi connectivity index (χ1) is 7.83. The average Bonchev–Trinajstić information content (AvgIpc) is 2.24. The van der Waals surface area contributed by atoms with Crippen LogP contribution in [0.1, 0.15) is 24.8 Å². The van der Waals surface area contributed by atoms with Gasteiger partial charge >= 0.3 is 0 Å². The van der Waals surface area contributed by atoms with Gasteiger partial charge in [-0.1, -0.05) is 18.6 Å². The minimum atomic E-state index is 0.604. The molecule has 1 aromatic rings. The second-order valence-corrected chi connectivity index (χ2v) is 5.70. The first-order valence-corrected chi connectivity index (χ1v) is 6.89. The van der Waals surface area contributed by atoms with Crippen molar-refractivity contribution in [2.45, 2.75) is 37.8 Å². The Kier molecular flexibility index (Phi) is 2.90. The van der Waals surface area contributed by atoms with Crippen LogP contribution in [0.15, 0.2) is 22.7 Å². The van der Waals surface area contributed by atoms with Crippen LogP contribution in [0.3, 0.4) is 0 Å². The molecule has 1 atom stereocenters. The number of rotatable bonds is 2. The van der Waals surface area contributed by atoms with Gasteiger partial charge in [-0.25, -0.2) is 0 Å². The van der Waals surface area contributed by atoms with Gasteiger partial charge in [-0.3, -0.25) is 0 Å². The Hall–Kier alpha value is -0.540. The molecule has 0 aromatic heterocycles. The minimum Gasteiger partial charge on any atom is -0.382 e. The number of hydrogen-bond donors (Lipinski definition) is 2. The van der Waals surface area contributed by atoms with E-state index in [0.717, 1.165) is 19.0 Å². The minimum absolute atomic E-state index is 0.604. The molecule has 1 aliphatic carbocycles. The second kappa shape index (κ2) is 4.38. The number of nitrogens with one attached hydrogen (secondary N) is 2. The van der Waals surface area contributed by atoms with Crippen molar-refractivity contribution in [1.29, 1.82) is 0 Å². The van der Waals surface area contributed by atoms with Gasteiger partial charge in [-0.15, -0.1) is 0 Å². The summed E-state index contributed by atoms with van der Waals surface area (Å²) >= 11 is 3.59. The molecule has 1 saturated carbocycles. The lowest BCUT2D eigenvalue weighted by atomic mass is 9.90. The number of para-hydroxylation sites is 1. The number of fused-ring (bicyclic) bond motifs is 1. The third-order valence-corrected chi connectivity index (χ3v) is 4.33. The Labute approximate surface area is 105 Å². The highest BCUT2D eigenvalue weighted by Gasteiger charge is 2.24. The molecule has 0 spiro atoms. The molecule has 1 heterocycles. The molecule has 3 rings (SSSR count). The largest absolute Gasteiger partial charge is 0.382 e. The molecule has 0 saturated heterocycles. The first-order valence-electron chi connectivity index (χ1n) is 6.10. The predicted molar refractivity (Wildman–Crippen MR) is 70.9 cm³/mol. The molecule has 2 aliphatic rings. The molecule has 0 radical (unpaired) electrons. The Morgan fingerprint density at radius 3 is 2.88 bits per heavy atom. The van der Waals surface area contributed by atoms with Gasteiger partial charge in [-0.2, -0.15) is 0 Å². The van der Waals surface area contributed by atoms with E-state index >= 15 is 0 Å². The van der Waals surface area contributed by atoms with Crippen molar-refractivity contribution in [3.8, 4) is 0 Å². The summed E-state index contributed by atoms with van der Waals surface area (Å²) in [5.74, 6) is 0. The lowest BCUT2D eigenvalue weighted by Gasteiger charge is -2.34. The molecule has 2 nitrogen and oxygen atoms in total. The molecule has 1 aliphatic heterocycles. The Balaban J connectivity index is 1.70. The van der Waals surface area contributed by atoms with Crippen LogP contribution in [0.4, 0.5) is 5.69 Å². The van der Waals surface area contributed by atoms with E-state index in [1.165, 1.54) is 35.0 Å². The van der Waals surface area contributed by atoms with Gasteiger partial charge in [0, 0.05) is 23.1 Å². The molecule has 1 fully saturated rings. The van der Waals surface area contributed by atoms with E-state index in [0.29, 0.717) is 6.04 Å². The van der Waals surface area contributed by atoms with E-state index in [1.54, 1.807) is 0 Å². The van der Waals surface area contributed by atoms with Gasteiger partial charge in [0.1, 0.15) is 0 Å². The molecule has 0 bridgehead atoms. The van der Waals surface area contributed by atoms with Crippen LogP contribution in [0, 0.1) is 0 Å². The van der Waals surface area contributed by atoms with E-state index in [-0.39, 0.29) is 0 Å². The molecular formula is C13H17BrN2. The monoisotopic (exact) mass is 280 g/mol. The molecule has 86 valence electrons. The molecule has 2 N–H and O–H groups in total. The average molecular weight is 281 g/mol. The standard InChI is InChI=1S/C13H17BrN2/c14-12-6-1-3-9-7-11(8-15-13(9)12)16-10-4-2-5-10/h1,3,6,10-11,15-16H,2,4-5,7-8H2. The van der Waals surface area contributed by atoms with Crippen molar-refractivity contribution in [2.75, 3.05) is 11.9 Å². The summed E-state index contributed by atoms with van der Waals surface area (Å²) in [6.45, 7) is 1.05. The van der Waals surface area contributed by atoms with Crippen LogP contribution in [0.5, 0.6) is 0 Å². The number of anilines is 1. The van der Waals surface area contributed by atoms with Crippen molar-refractivity contribution < 1.29 is 0 Å². The number of benzene rings is 1. The van der Waals surface area contributed by atoms with Crippen molar-refractivity contribution >= 4 is 21.6 Å². The molecule has 0 amide bonds. The molecule has 3 heteroatoms. The quantitative estimate of drug-likeness (QED) is 0.871. The number of hydrogen-bond acceptors (Lipinski definition) is 2. The van der Waals surface area contributed by atoms with Crippen LogP contribution in [0.25, 0.3) is 0 Å². The fourth-order valence-electron chi connectivity index (χ4n) is 2.53. The van der Waals surface area contributed by atoms with Crippen molar-refractivity contribution in [1.82, 2.24) is 5.32 Å². The van der Waals surface area contributed by atoms with Gasteiger partial charge in [0.2, 0.25) is 0 Å². The molecular weight excluding hydrogens is 264 g/mol. The topological polar surface area (TPSA) is 24.1 Å². The van der Waals surface area contributed by atoms with Gasteiger partial charge in [-0.05, 0) is 46.8 Å². The summed E-state index contributed by atoms with van der Waals surface area (Å²) in [7, 11) is 0. The predicted octanol–water partition coefficient (Wildman–Crippen LogP) is 2.93. The van der Waals surface area contributed by atoms with Crippen LogP contribution < -0.4 is 10.6 Å². The third-order valence-electron chi connectivity index (χ3n) is 3.67. The lowest BCUT2D eigenvalue weighted by molar-refractivity contribution is 0.304. The van der Waals surface area contributed by atoms with Gasteiger partial charge in [0.15, 0.2) is 0 Å².